The lowest BCUT2D eigenvalue weighted by Gasteiger charge is -2.09. The second-order valence-corrected chi connectivity index (χ2v) is 4.58. The van der Waals surface area contributed by atoms with Gasteiger partial charge in [0.05, 0.1) is 11.6 Å². The predicted molar refractivity (Wildman–Crippen MR) is 74.6 cm³/mol. The van der Waals surface area contributed by atoms with E-state index in [1.54, 1.807) is 18.2 Å². The van der Waals surface area contributed by atoms with Crippen LogP contribution in [0.2, 0.25) is 0 Å². The van der Waals surface area contributed by atoms with E-state index >= 15 is 0 Å². The van der Waals surface area contributed by atoms with Gasteiger partial charge in [0, 0.05) is 24.7 Å². The van der Waals surface area contributed by atoms with Crippen LogP contribution < -0.4 is 15.4 Å². The molecule has 0 bridgehead atoms. The summed E-state index contributed by atoms with van der Waals surface area (Å²) in [5.41, 5.74) is 0.593. The largest absolute Gasteiger partial charge is 0.495 e. The highest BCUT2D eigenvalue weighted by Gasteiger charge is 2.05. The highest BCUT2D eigenvalue weighted by molar-refractivity contribution is 9.10. The van der Waals surface area contributed by atoms with Crippen molar-refractivity contribution in [1.29, 1.82) is 0 Å². The zero-order valence-corrected chi connectivity index (χ0v) is 12.0. The first-order valence-electron chi connectivity index (χ1n) is 5.63. The summed E-state index contributed by atoms with van der Waals surface area (Å²) in [6.07, 6.45) is 0.429. The minimum atomic E-state index is -0.875. The third-order valence-electron chi connectivity index (χ3n) is 2.26. The number of aliphatic carboxylic acids is 1. The second kappa shape index (κ2) is 7.63. The number of carbonyl (C=O) groups is 2. The second-order valence-electron chi connectivity index (χ2n) is 3.73. The van der Waals surface area contributed by atoms with Crippen LogP contribution in [-0.2, 0) is 4.79 Å². The molecule has 1 aromatic rings. The molecule has 0 spiro atoms. The van der Waals surface area contributed by atoms with E-state index in [4.69, 9.17) is 9.84 Å². The summed E-state index contributed by atoms with van der Waals surface area (Å²) in [5, 5.41) is 13.7. The maximum absolute atomic E-state index is 11.5. The molecule has 1 aromatic carbocycles. The van der Waals surface area contributed by atoms with Crippen LogP contribution in [0, 0.1) is 0 Å². The van der Waals surface area contributed by atoms with E-state index in [0.717, 1.165) is 4.47 Å². The molecule has 1 rings (SSSR count). The van der Waals surface area contributed by atoms with E-state index in [2.05, 4.69) is 26.6 Å². The van der Waals surface area contributed by atoms with Crippen molar-refractivity contribution in [2.75, 3.05) is 19.0 Å². The van der Waals surface area contributed by atoms with Gasteiger partial charge in [-0.3, -0.25) is 4.79 Å². The first-order chi connectivity index (χ1) is 9.02. The van der Waals surface area contributed by atoms with Gasteiger partial charge in [-0.05, 0) is 34.5 Å². The molecule has 0 unspecified atom stereocenters. The number of halogens is 1. The summed E-state index contributed by atoms with van der Waals surface area (Å²) in [6.45, 7) is 0.311. The molecule has 19 heavy (non-hydrogen) atoms. The summed E-state index contributed by atoms with van der Waals surface area (Å²) >= 11 is 3.31. The number of carboxylic acid groups (broad SMARTS) is 1. The molecule has 0 heterocycles. The van der Waals surface area contributed by atoms with Gasteiger partial charge in [0.25, 0.3) is 0 Å². The van der Waals surface area contributed by atoms with Crippen LogP contribution in [0.5, 0.6) is 5.75 Å². The van der Waals surface area contributed by atoms with Crippen LogP contribution in [-0.4, -0.2) is 30.8 Å². The third-order valence-corrected chi connectivity index (χ3v) is 2.92. The molecule has 0 saturated heterocycles. The summed E-state index contributed by atoms with van der Waals surface area (Å²) in [4.78, 5) is 21.8. The maximum atomic E-state index is 11.5. The van der Waals surface area contributed by atoms with Crippen LogP contribution in [0.1, 0.15) is 12.8 Å². The minimum Gasteiger partial charge on any atom is -0.495 e. The number of amides is 2. The summed E-state index contributed by atoms with van der Waals surface area (Å²) < 4.78 is 5.90. The molecule has 7 heteroatoms. The lowest BCUT2D eigenvalue weighted by Crippen LogP contribution is -2.29. The van der Waals surface area contributed by atoms with Crippen molar-refractivity contribution in [1.82, 2.24) is 5.32 Å². The molecule has 0 atom stereocenters. The van der Waals surface area contributed by atoms with Gasteiger partial charge in [-0.15, -0.1) is 0 Å². The molecule has 0 aromatic heterocycles. The molecule has 0 saturated carbocycles. The smallest absolute Gasteiger partial charge is 0.319 e. The van der Waals surface area contributed by atoms with E-state index < -0.39 is 5.97 Å². The van der Waals surface area contributed by atoms with Gasteiger partial charge in [0.1, 0.15) is 5.75 Å². The highest BCUT2D eigenvalue weighted by Crippen LogP contribution is 2.27. The Bertz CT molecular complexity index is 465. The van der Waals surface area contributed by atoms with Crippen molar-refractivity contribution in [3.8, 4) is 5.75 Å². The Morgan fingerprint density at radius 2 is 2.16 bits per heavy atom. The average molecular weight is 331 g/mol. The molecular formula is C12H15BrN2O4. The number of rotatable bonds is 6. The molecule has 104 valence electrons. The van der Waals surface area contributed by atoms with Crippen LogP contribution in [0.25, 0.3) is 0 Å². The molecule has 6 nitrogen and oxygen atoms in total. The van der Waals surface area contributed by atoms with Gasteiger partial charge in [-0.1, -0.05) is 0 Å². The zero-order valence-electron chi connectivity index (χ0n) is 10.4. The van der Waals surface area contributed by atoms with Crippen LogP contribution in [0.4, 0.5) is 10.5 Å². The zero-order chi connectivity index (χ0) is 14.3. The molecule has 3 N–H and O–H groups in total. The monoisotopic (exact) mass is 330 g/mol. The first-order valence-corrected chi connectivity index (χ1v) is 6.42. The summed E-state index contributed by atoms with van der Waals surface area (Å²) in [6, 6.07) is 4.79. The van der Waals surface area contributed by atoms with Crippen LogP contribution >= 0.6 is 15.9 Å². The third kappa shape index (κ3) is 5.60. The number of nitrogens with one attached hydrogen (secondary N) is 2. The Kier molecular flexibility index (Phi) is 6.14. The minimum absolute atomic E-state index is 0.0341. The average Bonchev–Trinajstić information content (AvgIpc) is 2.37. The highest BCUT2D eigenvalue weighted by atomic mass is 79.9. The van der Waals surface area contributed by atoms with Gasteiger partial charge in [0.15, 0.2) is 0 Å². The van der Waals surface area contributed by atoms with E-state index in [9.17, 15) is 9.59 Å². The van der Waals surface area contributed by atoms with Gasteiger partial charge in [0.2, 0.25) is 0 Å². The SMILES string of the molecule is COc1cc(NC(=O)NCCCC(=O)O)ccc1Br. The van der Waals surface area contributed by atoms with Crippen molar-refractivity contribution < 1.29 is 19.4 Å². The van der Waals surface area contributed by atoms with E-state index in [-0.39, 0.29) is 12.5 Å². The number of carbonyl (C=O) groups excluding carboxylic acids is 1. The van der Waals surface area contributed by atoms with Crippen molar-refractivity contribution in [3.63, 3.8) is 0 Å². The van der Waals surface area contributed by atoms with E-state index in [1.807, 2.05) is 0 Å². The Morgan fingerprint density at radius 1 is 1.42 bits per heavy atom. The van der Waals surface area contributed by atoms with Gasteiger partial charge < -0.3 is 20.5 Å². The summed E-state index contributed by atoms with van der Waals surface area (Å²) in [5.74, 6) is -0.261. The molecule has 0 aliphatic carbocycles. The number of urea groups is 1. The van der Waals surface area contributed by atoms with Crippen molar-refractivity contribution in [3.05, 3.63) is 22.7 Å². The molecule has 0 fully saturated rings. The number of benzene rings is 1. The molecule has 0 aliphatic heterocycles. The Morgan fingerprint density at radius 3 is 2.79 bits per heavy atom. The topological polar surface area (TPSA) is 87.7 Å². The number of hydrogen-bond acceptors (Lipinski definition) is 3. The molecule has 0 aliphatic rings. The van der Waals surface area contributed by atoms with Crippen molar-refractivity contribution in [2.45, 2.75) is 12.8 Å². The molecular weight excluding hydrogens is 316 g/mol. The Hall–Kier alpha value is -1.76. The number of anilines is 1. The Balaban J connectivity index is 2.42. The van der Waals surface area contributed by atoms with Crippen LogP contribution in [0.3, 0.4) is 0 Å². The lowest BCUT2D eigenvalue weighted by atomic mass is 10.3. The number of ether oxygens (including phenoxy) is 1. The van der Waals surface area contributed by atoms with Gasteiger partial charge in [-0.2, -0.15) is 0 Å². The maximum Gasteiger partial charge on any atom is 0.319 e. The normalized spacial score (nSPS) is 9.79. The fourth-order valence-electron chi connectivity index (χ4n) is 1.35. The number of carboxylic acids is 1. The van der Waals surface area contributed by atoms with Crippen LogP contribution in [0.15, 0.2) is 22.7 Å². The molecule has 0 radical (unpaired) electrons. The Labute approximate surface area is 119 Å². The summed E-state index contributed by atoms with van der Waals surface area (Å²) in [7, 11) is 1.54. The predicted octanol–water partition coefficient (Wildman–Crippen LogP) is 2.44. The van der Waals surface area contributed by atoms with Gasteiger partial charge in [-0.25, -0.2) is 4.79 Å². The number of hydrogen-bond donors (Lipinski definition) is 3. The van der Waals surface area contributed by atoms with Crippen molar-refractivity contribution >= 4 is 33.6 Å². The standard InChI is InChI=1S/C12H15BrN2O4/c1-19-10-7-8(4-5-9(10)13)15-12(18)14-6-2-3-11(16)17/h4-5,7H,2-3,6H2,1H3,(H,16,17)(H2,14,15,18). The van der Waals surface area contributed by atoms with Crippen molar-refractivity contribution in [2.24, 2.45) is 0 Å². The van der Waals surface area contributed by atoms with E-state index in [1.165, 1.54) is 7.11 Å². The number of methoxy groups -OCH3 is 1. The quantitative estimate of drug-likeness (QED) is 0.699. The van der Waals surface area contributed by atoms with E-state index in [0.29, 0.717) is 24.4 Å². The fourth-order valence-corrected chi connectivity index (χ4v) is 1.76. The lowest BCUT2D eigenvalue weighted by molar-refractivity contribution is -0.137. The first kappa shape index (κ1) is 15.3. The van der Waals surface area contributed by atoms with Gasteiger partial charge >= 0.3 is 12.0 Å². The fraction of sp³-hybridized carbons (Fsp3) is 0.333. The molecule has 2 amide bonds.